The number of hydrogen-bond acceptors (Lipinski definition) is 7. The molecule has 0 atom stereocenters. The van der Waals surface area contributed by atoms with Gasteiger partial charge in [0.1, 0.15) is 0 Å². The molecule has 0 bridgehead atoms. The van der Waals surface area contributed by atoms with E-state index in [1.807, 2.05) is 43.3 Å². The number of nitrogens with two attached hydrogens (primary N) is 1. The van der Waals surface area contributed by atoms with Crippen molar-refractivity contribution in [1.82, 2.24) is 10.4 Å². The maximum Gasteiger partial charge on any atom is 0.245 e. The number of thiazole rings is 1. The molecule has 0 saturated heterocycles. The normalized spacial score (nSPS) is 11.1. The summed E-state index contributed by atoms with van der Waals surface area (Å²) in [4.78, 5) is 30.5. The molecule has 8 nitrogen and oxygen atoms in total. The fourth-order valence-corrected chi connectivity index (χ4v) is 2.76. The lowest BCUT2D eigenvalue weighted by Gasteiger charge is -2.13. The molecular weight excluding hydrogens is 352 g/mol. The Labute approximate surface area is 156 Å². The van der Waals surface area contributed by atoms with Crippen molar-refractivity contribution in [3.63, 3.8) is 0 Å². The first-order chi connectivity index (χ1) is 12.3. The first kappa shape index (κ1) is 19.4. The van der Waals surface area contributed by atoms with E-state index in [4.69, 9.17) is 5.73 Å². The number of carbonyl (C=O) groups excluding carboxylic acids is 2. The molecule has 0 radical (unpaired) electrons. The van der Waals surface area contributed by atoms with Crippen LogP contribution in [0.2, 0.25) is 0 Å². The smallest absolute Gasteiger partial charge is 0.245 e. The average Bonchev–Trinajstić information content (AvgIpc) is 2.98. The van der Waals surface area contributed by atoms with Crippen LogP contribution in [0.3, 0.4) is 0 Å². The molecule has 0 unspecified atom stereocenters. The molecule has 1 aromatic carbocycles. The molecular formula is C17H22N6O2S. The predicted molar refractivity (Wildman–Crippen MR) is 105 cm³/mol. The van der Waals surface area contributed by atoms with Gasteiger partial charge < -0.3 is 16.0 Å². The summed E-state index contributed by atoms with van der Waals surface area (Å²) in [6.07, 6.45) is 1.80. The number of nitrogens with zero attached hydrogens (tertiary/aromatic N) is 3. The van der Waals surface area contributed by atoms with Gasteiger partial charge in [-0.15, -0.1) is 11.3 Å². The summed E-state index contributed by atoms with van der Waals surface area (Å²) in [5.74, 6) is -0.485. The number of nitrogen functional groups attached to an aromatic ring is 1. The number of rotatable bonds is 7. The Hall–Kier alpha value is -2.94. The summed E-state index contributed by atoms with van der Waals surface area (Å²) in [5.41, 5.74) is 10.2. The topological polar surface area (TPSA) is 113 Å². The van der Waals surface area contributed by atoms with E-state index in [-0.39, 0.29) is 24.7 Å². The molecule has 2 aromatic rings. The molecule has 2 rings (SSSR count). The van der Waals surface area contributed by atoms with Crippen LogP contribution in [0, 0.1) is 0 Å². The molecule has 9 heteroatoms. The molecule has 1 aromatic heterocycles. The number of hydrogen-bond donors (Lipinski definition) is 3. The van der Waals surface area contributed by atoms with Crippen molar-refractivity contribution in [3.05, 3.63) is 35.3 Å². The Bertz CT molecular complexity index is 798. The zero-order chi connectivity index (χ0) is 19.1. The zero-order valence-electron chi connectivity index (χ0n) is 14.9. The summed E-state index contributed by atoms with van der Waals surface area (Å²) in [7, 11) is 3.90. The number of aromatic nitrogens is 1. The van der Waals surface area contributed by atoms with E-state index in [1.54, 1.807) is 13.1 Å². The maximum absolute atomic E-state index is 12.0. The molecule has 2 amide bonds. The molecule has 4 N–H and O–H groups in total. The van der Waals surface area contributed by atoms with Gasteiger partial charge in [0.15, 0.2) is 5.13 Å². The average molecular weight is 374 g/mol. The minimum Gasteiger partial charge on any atom is -0.378 e. The summed E-state index contributed by atoms with van der Waals surface area (Å²) in [6, 6.07) is 7.51. The van der Waals surface area contributed by atoms with Crippen LogP contribution in [-0.2, 0) is 16.0 Å². The van der Waals surface area contributed by atoms with Gasteiger partial charge in [-0.05, 0) is 31.2 Å². The van der Waals surface area contributed by atoms with Crippen molar-refractivity contribution in [2.45, 2.75) is 19.8 Å². The molecule has 138 valence electrons. The van der Waals surface area contributed by atoms with Crippen LogP contribution in [-0.4, -0.2) is 36.6 Å². The summed E-state index contributed by atoms with van der Waals surface area (Å²) < 4.78 is 0. The first-order valence-corrected chi connectivity index (χ1v) is 8.74. The molecule has 0 aliphatic heterocycles. The fraction of sp³-hybridized carbons (Fsp3) is 0.294. The van der Waals surface area contributed by atoms with Crippen molar-refractivity contribution < 1.29 is 9.59 Å². The Balaban J connectivity index is 1.80. The van der Waals surface area contributed by atoms with Crippen LogP contribution in [0.15, 0.2) is 35.6 Å². The zero-order valence-corrected chi connectivity index (χ0v) is 15.8. The Morgan fingerprint density at radius 3 is 2.50 bits per heavy atom. The summed E-state index contributed by atoms with van der Waals surface area (Å²) >= 11 is 1.26. The number of benzene rings is 1. The van der Waals surface area contributed by atoms with E-state index in [1.165, 1.54) is 11.3 Å². The predicted octanol–water partition coefficient (Wildman–Crippen LogP) is 1.85. The highest BCUT2D eigenvalue weighted by atomic mass is 32.1. The van der Waals surface area contributed by atoms with Crippen LogP contribution in [0.4, 0.5) is 16.5 Å². The van der Waals surface area contributed by atoms with Gasteiger partial charge in [0.05, 0.1) is 12.8 Å². The quantitative estimate of drug-likeness (QED) is 0.506. The fourth-order valence-electron chi connectivity index (χ4n) is 2.08. The van der Waals surface area contributed by atoms with E-state index in [9.17, 15) is 9.59 Å². The largest absolute Gasteiger partial charge is 0.378 e. The monoisotopic (exact) mass is 374 g/mol. The van der Waals surface area contributed by atoms with E-state index in [2.05, 4.69) is 20.8 Å². The Morgan fingerprint density at radius 1 is 1.23 bits per heavy atom. The van der Waals surface area contributed by atoms with Crippen molar-refractivity contribution in [1.29, 1.82) is 0 Å². The van der Waals surface area contributed by atoms with Gasteiger partial charge in [-0.1, -0.05) is 0 Å². The Morgan fingerprint density at radius 2 is 1.92 bits per heavy atom. The van der Waals surface area contributed by atoms with E-state index in [0.717, 1.165) is 10.6 Å². The number of amides is 2. The lowest BCUT2D eigenvalue weighted by atomic mass is 10.2. The second-order valence-corrected chi connectivity index (χ2v) is 7.04. The van der Waals surface area contributed by atoms with Gasteiger partial charge in [0, 0.05) is 42.3 Å². The third kappa shape index (κ3) is 6.17. The molecule has 0 saturated carbocycles. The van der Waals surface area contributed by atoms with Gasteiger partial charge in [-0.25, -0.2) is 10.4 Å². The summed E-state index contributed by atoms with van der Waals surface area (Å²) in [5, 5.41) is 7.17. The third-order valence-electron chi connectivity index (χ3n) is 3.36. The molecule has 0 fully saturated rings. The lowest BCUT2D eigenvalue weighted by Crippen LogP contribution is -2.22. The van der Waals surface area contributed by atoms with Gasteiger partial charge in [0.2, 0.25) is 11.8 Å². The van der Waals surface area contributed by atoms with Gasteiger partial charge in [0.25, 0.3) is 0 Å². The van der Waals surface area contributed by atoms with E-state index < -0.39 is 0 Å². The van der Waals surface area contributed by atoms with Crippen molar-refractivity contribution in [2.75, 3.05) is 30.0 Å². The van der Waals surface area contributed by atoms with Crippen molar-refractivity contribution >= 4 is 45.4 Å². The van der Waals surface area contributed by atoms with Crippen LogP contribution in [0.25, 0.3) is 0 Å². The molecule has 0 aliphatic rings. The maximum atomic E-state index is 12.0. The Kier molecular flexibility index (Phi) is 6.67. The summed E-state index contributed by atoms with van der Waals surface area (Å²) in [6.45, 7) is 1.68. The highest BCUT2D eigenvalue weighted by Gasteiger charge is 2.08. The second kappa shape index (κ2) is 8.95. The molecule has 0 aliphatic carbocycles. The first-order valence-electron chi connectivity index (χ1n) is 7.93. The molecule has 0 spiro atoms. The minimum absolute atomic E-state index is 0.0865. The van der Waals surface area contributed by atoms with Gasteiger partial charge in [-0.3, -0.25) is 9.59 Å². The van der Waals surface area contributed by atoms with E-state index in [0.29, 0.717) is 16.5 Å². The third-order valence-corrected chi connectivity index (χ3v) is 4.19. The van der Waals surface area contributed by atoms with Crippen LogP contribution >= 0.6 is 11.3 Å². The number of hydrazone groups is 1. The number of anilines is 3. The highest BCUT2D eigenvalue weighted by Crippen LogP contribution is 2.16. The molecule has 1 heterocycles. The van der Waals surface area contributed by atoms with Crippen molar-refractivity contribution in [2.24, 2.45) is 5.10 Å². The number of carbonyl (C=O) groups is 2. The van der Waals surface area contributed by atoms with Crippen LogP contribution in [0.5, 0.6) is 0 Å². The highest BCUT2D eigenvalue weighted by molar-refractivity contribution is 7.15. The van der Waals surface area contributed by atoms with Crippen molar-refractivity contribution in [3.8, 4) is 0 Å². The lowest BCUT2D eigenvalue weighted by molar-refractivity contribution is -0.120. The molecule has 26 heavy (non-hydrogen) atoms. The van der Waals surface area contributed by atoms with Crippen LogP contribution in [0.1, 0.15) is 18.2 Å². The van der Waals surface area contributed by atoms with E-state index >= 15 is 0 Å². The minimum atomic E-state index is -0.285. The second-order valence-electron chi connectivity index (χ2n) is 5.89. The van der Waals surface area contributed by atoms with Crippen LogP contribution < -0.4 is 21.4 Å². The standard InChI is InChI=1S/C17H22N6O2S/c1-11(21-22-16(25)9-14-10-19-17(18)26-14)8-15(24)20-12-4-6-13(7-5-12)23(2)3/h4-7,10H,8-9H2,1-3H3,(H2,18,19)(H,20,24)(H,22,25)/b21-11-. The van der Waals surface area contributed by atoms with Gasteiger partial charge in [-0.2, -0.15) is 5.10 Å². The van der Waals surface area contributed by atoms with Gasteiger partial charge >= 0.3 is 0 Å². The number of nitrogens with one attached hydrogen (secondary N) is 2. The SMILES string of the molecule is C/C(CC(=O)Nc1ccc(N(C)C)cc1)=N/NC(=O)Cc1cnc(N)s1.